The molecule has 1 rings (SSSR count). The van der Waals surface area contributed by atoms with E-state index in [0.717, 1.165) is 0 Å². The lowest BCUT2D eigenvalue weighted by Gasteiger charge is -2.10. The second kappa shape index (κ2) is 6.00. The molecule has 1 aromatic carbocycles. The van der Waals surface area contributed by atoms with E-state index in [4.69, 9.17) is 4.74 Å². The Morgan fingerprint density at radius 3 is 2.71 bits per heavy atom. The minimum atomic E-state index is -0.500. The van der Waals surface area contributed by atoms with Gasteiger partial charge in [-0.1, -0.05) is 13.8 Å². The van der Waals surface area contributed by atoms with Gasteiger partial charge in [0.1, 0.15) is 0 Å². The van der Waals surface area contributed by atoms with Crippen LogP contribution in [0.3, 0.4) is 0 Å². The molecule has 17 heavy (non-hydrogen) atoms. The highest BCUT2D eigenvalue weighted by Gasteiger charge is 2.14. The van der Waals surface area contributed by atoms with E-state index in [2.05, 4.69) is 21.2 Å². The second-order valence-corrected chi connectivity index (χ2v) is 4.92. The lowest BCUT2D eigenvalue weighted by atomic mass is 10.1. The van der Waals surface area contributed by atoms with Gasteiger partial charge in [-0.25, -0.2) is 4.39 Å². The van der Waals surface area contributed by atoms with Crippen molar-refractivity contribution in [3.8, 4) is 5.75 Å². The van der Waals surface area contributed by atoms with E-state index in [-0.39, 0.29) is 11.7 Å². The first-order chi connectivity index (χ1) is 7.95. The molecular formula is C12H15BrFNO2. The number of hydrogen-bond donors (Lipinski definition) is 1. The number of amides is 1. The van der Waals surface area contributed by atoms with E-state index in [1.54, 1.807) is 0 Å². The van der Waals surface area contributed by atoms with Crippen LogP contribution in [-0.2, 0) is 0 Å². The zero-order valence-corrected chi connectivity index (χ0v) is 11.6. The van der Waals surface area contributed by atoms with Crippen LogP contribution in [-0.4, -0.2) is 19.6 Å². The summed E-state index contributed by atoms with van der Waals surface area (Å²) in [5.74, 6) is -0.327. The Labute approximate surface area is 108 Å². The molecule has 0 radical (unpaired) electrons. The van der Waals surface area contributed by atoms with Crippen LogP contribution in [0.25, 0.3) is 0 Å². The van der Waals surface area contributed by atoms with Gasteiger partial charge in [-0.05, 0) is 34.0 Å². The summed E-state index contributed by atoms with van der Waals surface area (Å²) in [6.45, 7) is 4.58. The van der Waals surface area contributed by atoms with Crippen molar-refractivity contribution in [1.29, 1.82) is 0 Å². The van der Waals surface area contributed by atoms with Gasteiger partial charge < -0.3 is 10.1 Å². The zero-order chi connectivity index (χ0) is 13.0. The third-order valence-electron chi connectivity index (χ3n) is 2.16. The first-order valence-corrected chi connectivity index (χ1v) is 6.06. The van der Waals surface area contributed by atoms with Crippen molar-refractivity contribution in [3.63, 3.8) is 0 Å². The van der Waals surface area contributed by atoms with Crippen molar-refractivity contribution in [2.24, 2.45) is 5.92 Å². The van der Waals surface area contributed by atoms with Crippen molar-refractivity contribution >= 4 is 21.8 Å². The Morgan fingerprint density at radius 2 is 2.18 bits per heavy atom. The van der Waals surface area contributed by atoms with Crippen LogP contribution in [0.2, 0.25) is 0 Å². The van der Waals surface area contributed by atoms with Crippen LogP contribution in [0.15, 0.2) is 16.6 Å². The van der Waals surface area contributed by atoms with Gasteiger partial charge in [0, 0.05) is 11.0 Å². The topological polar surface area (TPSA) is 38.3 Å². The van der Waals surface area contributed by atoms with Gasteiger partial charge in [0.25, 0.3) is 5.91 Å². The summed E-state index contributed by atoms with van der Waals surface area (Å²) in [5.41, 5.74) is 0.365. The third kappa shape index (κ3) is 3.70. The molecule has 1 N–H and O–H groups in total. The number of benzene rings is 1. The number of carbonyl (C=O) groups excluding carboxylic acids is 1. The molecule has 1 amide bonds. The Hall–Kier alpha value is -1.10. The molecule has 5 heteroatoms. The quantitative estimate of drug-likeness (QED) is 0.928. The molecular weight excluding hydrogens is 289 g/mol. The minimum absolute atomic E-state index is 0.0582. The fraction of sp³-hybridized carbons (Fsp3) is 0.417. The molecule has 0 bridgehead atoms. The summed E-state index contributed by atoms with van der Waals surface area (Å²) in [5, 5.41) is 2.76. The van der Waals surface area contributed by atoms with E-state index in [1.807, 2.05) is 13.8 Å². The highest BCUT2D eigenvalue weighted by atomic mass is 79.9. The molecule has 0 aliphatic rings. The molecule has 0 saturated carbocycles. The van der Waals surface area contributed by atoms with Gasteiger partial charge >= 0.3 is 0 Å². The van der Waals surface area contributed by atoms with Gasteiger partial charge in [-0.3, -0.25) is 4.79 Å². The molecule has 0 aliphatic heterocycles. The van der Waals surface area contributed by atoms with Gasteiger partial charge in [-0.15, -0.1) is 0 Å². The van der Waals surface area contributed by atoms with Gasteiger partial charge in [0.15, 0.2) is 11.6 Å². The summed E-state index contributed by atoms with van der Waals surface area (Å²) in [6.07, 6.45) is 0. The van der Waals surface area contributed by atoms with Gasteiger partial charge in [-0.2, -0.15) is 0 Å². The van der Waals surface area contributed by atoms with Crippen molar-refractivity contribution in [2.75, 3.05) is 13.7 Å². The summed E-state index contributed by atoms with van der Waals surface area (Å²) < 4.78 is 18.6. The Kier molecular flexibility index (Phi) is 4.93. The molecule has 3 nitrogen and oxygen atoms in total. The van der Waals surface area contributed by atoms with E-state index in [9.17, 15) is 9.18 Å². The van der Waals surface area contributed by atoms with Crippen LogP contribution in [0.5, 0.6) is 5.75 Å². The molecule has 94 valence electrons. The largest absolute Gasteiger partial charge is 0.494 e. The maximum atomic E-state index is 13.3. The van der Waals surface area contributed by atoms with E-state index in [1.165, 1.54) is 19.2 Å². The standard InChI is InChI=1S/C12H15BrFNO2/c1-7(2)6-15-12(16)8-4-11(17-3)10(14)5-9(8)13/h4-5,7H,6H2,1-3H3,(H,15,16). The summed E-state index contributed by atoms with van der Waals surface area (Å²) in [6, 6.07) is 2.61. The Morgan fingerprint density at radius 1 is 1.53 bits per heavy atom. The maximum absolute atomic E-state index is 13.3. The predicted octanol–water partition coefficient (Wildman–Crippen LogP) is 2.98. The lowest BCUT2D eigenvalue weighted by molar-refractivity contribution is 0.0948. The number of rotatable bonds is 4. The van der Waals surface area contributed by atoms with Crippen LogP contribution < -0.4 is 10.1 Å². The smallest absolute Gasteiger partial charge is 0.252 e. The second-order valence-electron chi connectivity index (χ2n) is 4.07. The Bertz CT molecular complexity index is 421. The van der Waals surface area contributed by atoms with Crippen LogP contribution in [0.4, 0.5) is 4.39 Å². The van der Waals surface area contributed by atoms with Gasteiger partial charge in [0.05, 0.1) is 12.7 Å². The summed E-state index contributed by atoms with van der Waals surface area (Å²) >= 11 is 3.16. The fourth-order valence-corrected chi connectivity index (χ4v) is 1.75. The molecule has 0 saturated heterocycles. The van der Waals surface area contributed by atoms with E-state index < -0.39 is 5.82 Å². The molecule has 0 atom stereocenters. The molecule has 0 spiro atoms. The maximum Gasteiger partial charge on any atom is 0.252 e. The molecule has 1 aromatic rings. The van der Waals surface area contributed by atoms with Crippen molar-refractivity contribution in [3.05, 3.63) is 28.0 Å². The number of methoxy groups -OCH3 is 1. The number of hydrogen-bond acceptors (Lipinski definition) is 2. The SMILES string of the molecule is COc1cc(C(=O)NCC(C)C)c(Br)cc1F. The first kappa shape index (κ1) is 14.0. The highest BCUT2D eigenvalue weighted by molar-refractivity contribution is 9.10. The molecule has 0 aliphatic carbocycles. The Balaban J connectivity index is 2.93. The van der Waals surface area contributed by atoms with Crippen molar-refractivity contribution in [2.45, 2.75) is 13.8 Å². The van der Waals surface area contributed by atoms with Crippen LogP contribution in [0.1, 0.15) is 24.2 Å². The highest BCUT2D eigenvalue weighted by Crippen LogP contribution is 2.26. The fourth-order valence-electron chi connectivity index (χ4n) is 1.25. The van der Waals surface area contributed by atoms with Crippen molar-refractivity contribution < 1.29 is 13.9 Å². The number of nitrogens with one attached hydrogen (secondary N) is 1. The zero-order valence-electron chi connectivity index (χ0n) is 10.0. The van der Waals surface area contributed by atoms with Crippen molar-refractivity contribution in [1.82, 2.24) is 5.32 Å². The lowest BCUT2D eigenvalue weighted by Crippen LogP contribution is -2.27. The monoisotopic (exact) mass is 303 g/mol. The average molecular weight is 304 g/mol. The van der Waals surface area contributed by atoms with Crippen LogP contribution in [0, 0.1) is 11.7 Å². The normalized spacial score (nSPS) is 10.5. The first-order valence-electron chi connectivity index (χ1n) is 5.27. The predicted molar refractivity (Wildman–Crippen MR) is 67.8 cm³/mol. The molecule has 0 aromatic heterocycles. The number of ether oxygens (including phenoxy) is 1. The van der Waals surface area contributed by atoms with E-state index in [0.29, 0.717) is 22.5 Å². The molecule has 0 unspecified atom stereocenters. The minimum Gasteiger partial charge on any atom is -0.494 e. The van der Waals surface area contributed by atoms with Gasteiger partial charge in [0.2, 0.25) is 0 Å². The van der Waals surface area contributed by atoms with Crippen LogP contribution >= 0.6 is 15.9 Å². The number of carbonyl (C=O) groups is 1. The average Bonchev–Trinajstić information content (AvgIpc) is 2.26. The third-order valence-corrected chi connectivity index (χ3v) is 2.81. The molecule has 0 fully saturated rings. The summed E-state index contributed by atoms with van der Waals surface area (Å²) in [4.78, 5) is 11.8. The number of halogens is 2. The summed E-state index contributed by atoms with van der Waals surface area (Å²) in [7, 11) is 1.36. The van der Waals surface area contributed by atoms with E-state index >= 15 is 0 Å². The molecule has 0 heterocycles.